The maximum atomic E-state index is 12.6. The van der Waals surface area contributed by atoms with E-state index in [9.17, 15) is 4.55 Å². The zero-order valence-corrected chi connectivity index (χ0v) is 16.6. The summed E-state index contributed by atoms with van der Waals surface area (Å²) in [5.41, 5.74) is 2.52. The summed E-state index contributed by atoms with van der Waals surface area (Å²) in [6, 6.07) is 0. The van der Waals surface area contributed by atoms with Gasteiger partial charge in [0.15, 0.2) is 0 Å². The zero-order valence-electron chi connectivity index (χ0n) is 15.8. The summed E-state index contributed by atoms with van der Waals surface area (Å²) in [6.07, 6.45) is 13.3. The third-order valence-corrected chi connectivity index (χ3v) is 6.02. The molecule has 0 aromatic rings. The summed E-state index contributed by atoms with van der Waals surface area (Å²) in [7, 11) is 0. The van der Waals surface area contributed by atoms with Gasteiger partial charge in [-0.3, -0.25) is 0 Å². The van der Waals surface area contributed by atoms with Crippen molar-refractivity contribution >= 4 is 17.1 Å². The van der Waals surface area contributed by atoms with Crippen molar-refractivity contribution in [1.29, 1.82) is 0 Å². The fourth-order valence-electron chi connectivity index (χ4n) is 3.10. The van der Waals surface area contributed by atoms with Gasteiger partial charge in [0.25, 0.3) is 0 Å². The zero-order chi connectivity index (χ0) is 17.5. The number of hydrogen-bond donors (Lipinski definition) is 0. The predicted octanol–water partition coefficient (Wildman–Crippen LogP) is 6.16. The third-order valence-electron chi connectivity index (χ3n) is 4.58. The Morgan fingerprint density at radius 1 is 1.22 bits per heavy atom. The molecule has 0 saturated heterocycles. The SMILES string of the molecule is C=CC[C@]1(CC=C(C)C)CCCCCC/C1=N\[S+]([O-])C(C)(C)C. The van der Waals surface area contributed by atoms with Crippen LogP contribution in [0.3, 0.4) is 0 Å². The van der Waals surface area contributed by atoms with Crippen LogP contribution in [0.4, 0.5) is 0 Å². The molecule has 1 saturated carbocycles. The van der Waals surface area contributed by atoms with E-state index in [-0.39, 0.29) is 10.2 Å². The summed E-state index contributed by atoms with van der Waals surface area (Å²) in [5, 5.41) is 0. The Labute approximate surface area is 146 Å². The minimum atomic E-state index is -1.18. The van der Waals surface area contributed by atoms with Crippen LogP contribution >= 0.6 is 0 Å². The molecule has 0 N–H and O–H groups in total. The quantitative estimate of drug-likeness (QED) is 0.437. The van der Waals surface area contributed by atoms with Gasteiger partial charge in [0, 0.05) is 5.41 Å². The minimum absolute atomic E-state index is 0.0142. The molecule has 1 fully saturated rings. The van der Waals surface area contributed by atoms with Crippen molar-refractivity contribution in [3.8, 4) is 0 Å². The highest BCUT2D eigenvalue weighted by atomic mass is 32.2. The third kappa shape index (κ3) is 6.46. The maximum absolute atomic E-state index is 12.6. The Morgan fingerprint density at radius 2 is 1.87 bits per heavy atom. The highest BCUT2D eigenvalue weighted by molar-refractivity contribution is 7.91. The molecule has 1 unspecified atom stereocenters. The fraction of sp³-hybridized carbons (Fsp3) is 0.750. The van der Waals surface area contributed by atoms with Crippen molar-refractivity contribution < 1.29 is 4.55 Å². The van der Waals surface area contributed by atoms with Crippen LogP contribution in [0, 0.1) is 5.41 Å². The molecular weight excluding hydrogens is 302 g/mol. The Balaban J connectivity index is 3.24. The molecular formula is C20H35NOS. The Morgan fingerprint density at radius 3 is 2.43 bits per heavy atom. The first-order valence-corrected chi connectivity index (χ1v) is 10.1. The van der Waals surface area contributed by atoms with Crippen molar-refractivity contribution in [2.45, 2.75) is 90.7 Å². The van der Waals surface area contributed by atoms with Gasteiger partial charge in [-0.15, -0.1) is 6.58 Å². The first kappa shape index (κ1) is 20.5. The van der Waals surface area contributed by atoms with Gasteiger partial charge in [-0.25, -0.2) is 0 Å². The van der Waals surface area contributed by atoms with Crippen LogP contribution in [-0.2, 0) is 11.4 Å². The van der Waals surface area contributed by atoms with Crippen LogP contribution in [-0.4, -0.2) is 15.0 Å². The van der Waals surface area contributed by atoms with Crippen LogP contribution in [0.2, 0.25) is 0 Å². The Kier molecular flexibility index (Phi) is 8.09. The lowest BCUT2D eigenvalue weighted by atomic mass is 9.70. The summed E-state index contributed by atoms with van der Waals surface area (Å²) in [4.78, 5) is 0. The lowest BCUT2D eigenvalue weighted by Gasteiger charge is -2.35. The van der Waals surface area contributed by atoms with Gasteiger partial charge in [-0.1, -0.05) is 41.4 Å². The van der Waals surface area contributed by atoms with Gasteiger partial charge in [0.05, 0.1) is 5.71 Å². The van der Waals surface area contributed by atoms with Crippen molar-refractivity contribution in [1.82, 2.24) is 0 Å². The Hall–Kier alpha value is -0.540. The highest BCUT2D eigenvalue weighted by Crippen LogP contribution is 2.40. The summed E-state index contributed by atoms with van der Waals surface area (Å²) >= 11 is -1.18. The molecule has 0 aromatic carbocycles. The molecule has 0 aliphatic heterocycles. The fourth-order valence-corrected chi connectivity index (χ4v) is 3.86. The van der Waals surface area contributed by atoms with Gasteiger partial charge in [0.2, 0.25) is 0 Å². The first-order chi connectivity index (χ1) is 10.7. The van der Waals surface area contributed by atoms with E-state index in [1.165, 1.54) is 30.5 Å². The van der Waals surface area contributed by atoms with Crippen molar-refractivity contribution in [2.75, 3.05) is 0 Å². The Bertz CT molecular complexity index is 443. The van der Waals surface area contributed by atoms with Crippen molar-refractivity contribution in [3.05, 3.63) is 24.3 Å². The average Bonchev–Trinajstić information content (AvgIpc) is 2.43. The molecule has 1 aliphatic carbocycles. The monoisotopic (exact) mass is 337 g/mol. The van der Waals surface area contributed by atoms with Crippen molar-refractivity contribution in [2.24, 2.45) is 9.81 Å². The molecule has 0 bridgehead atoms. The number of rotatable bonds is 5. The van der Waals surface area contributed by atoms with E-state index in [0.29, 0.717) is 0 Å². The molecule has 132 valence electrons. The maximum Gasteiger partial charge on any atom is 0.144 e. The van der Waals surface area contributed by atoms with Crippen LogP contribution in [0.25, 0.3) is 0 Å². The van der Waals surface area contributed by atoms with E-state index >= 15 is 0 Å². The predicted molar refractivity (Wildman–Crippen MR) is 104 cm³/mol. The van der Waals surface area contributed by atoms with E-state index in [0.717, 1.165) is 32.1 Å². The average molecular weight is 338 g/mol. The standard InChI is InChI=1S/C20H35NOS/c1-7-14-20(16-13-17(2)3)15-11-9-8-10-12-18(20)21-23(22)19(4,5)6/h7,13H,1,8-12,14-16H2,2-6H3/b21-18+/t20-,23?/m1/s1. The molecule has 1 rings (SSSR count). The smallest absolute Gasteiger partial charge is 0.144 e. The first-order valence-electron chi connectivity index (χ1n) is 8.95. The van der Waals surface area contributed by atoms with Gasteiger partial charge in [-0.2, -0.15) is 0 Å². The molecule has 0 aromatic heterocycles. The van der Waals surface area contributed by atoms with Gasteiger partial charge in [0.1, 0.15) is 16.1 Å². The number of hydrogen-bond acceptors (Lipinski definition) is 2. The second-order valence-electron chi connectivity index (χ2n) is 8.07. The number of allylic oxidation sites excluding steroid dienone is 3. The molecule has 0 spiro atoms. The molecule has 2 nitrogen and oxygen atoms in total. The van der Waals surface area contributed by atoms with Gasteiger partial charge in [-0.05, 0) is 66.7 Å². The van der Waals surface area contributed by atoms with E-state index < -0.39 is 11.4 Å². The molecule has 0 radical (unpaired) electrons. The van der Waals surface area contributed by atoms with E-state index in [4.69, 9.17) is 4.40 Å². The topological polar surface area (TPSA) is 35.4 Å². The molecule has 2 atom stereocenters. The summed E-state index contributed by atoms with van der Waals surface area (Å²) < 4.78 is 17.1. The van der Waals surface area contributed by atoms with Crippen molar-refractivity contribution in [3.63, 3.8) is 0 Å². The summed E-state index contributed by atoms with van der Waals surface area (Å²) in [5.74, 6) is 0. The van der Waals surface area contributed by atoms with E-state index in [1.54, 1.807) is 0 Å². The molecule has 0 heterocycles. The van der Waals surface area contributed by atoms with Crippen LogP contribution in [0.5, 0.6) is 0 Å². The highest BCUT2D eigenvalue weighted by Gasteiger charge is 2.37. The lowest BCUT2D eigenvalue weighted by molar-refractivity contribution is 0.354. The van der Waals surface area contributed by atoms with Gasteiger partial charge >= 0.3 is 0 Å². The van der Waals surface area contributed by atoms with Crippen LogP contribution < -0.4 is 0 Å². The minimum Gasteiger partial charge on any atom is -0.591 e. The lowest BCUT2D eigenvalue weighted by Crippen LogP contribution is -2.35. The second kappa shape index (κ2) is 9.08. The van der Waals surface area contributed by atoms with Crippen LogP contribution in [0.15, 0.2) is 28.7 Å². The number of nitrogens with zero attached hydrogens (tertiary/aromatic N) is 1. The largest absolute Gasteiger partial charge is 0.591 e. The van der Waals surface area contributed by atoms with Gasteiger partial charge < -0.3 is 4.55 Å². The molecule has 1 aliphatic rings. The van der Waals surface area contributed by atoms with E-state index in [1.807, 2.05) is 26.8 Å². The van der Waals surface area contributed by atoms with Crippen LogP contribution in [0.1, 0.15) is 86.0 Å². The molecule has 0 amide bonds. The second-order valence-corrected chi connectivity index (χ2v) is 9.98. The molecule has 3 heteroatoms. The van der Waals surface area contributed by atoms with E-state index in [2.05, 4.69) is 26.5 Å². The summed E-state index contributed by atoms with van der Waals surface area (Å²) in [6.45, 7) is 14.3. The molecule has 23 heavy (non-hydrogen) atoms. The normalized spacial score (nSPS) is 26.3.